The van der Waals surface area contributed by atoms with Crippen LogP contribution in [-0.2, 0) is 0 Å². The van der Waals surface area contributed by atoms with Crippen molar-refractivity contribution >= 4 is 11.8 Å². The van der Waals surface area contributed by atoms with Gasteiger partial charge in [-0.15, -0.1) is 6.58 Å². The van der Waals surface area contributed by atoms with Gasteiger partial charge in [0.2, 0.25) is 0 Å². The highest BCUT2D eigenvalue weighted by molar-refractivity contribution is 5.97. The monoisotopic (exact) mass is 260 g/mol. The average molecular weight is 260 g/mol. The summed E-state index contributed by atoms with van der Waals surface area (Å²) in [6, 6.07) is 6.69. The van der Waals surface area contributed by atoms with E-state index in [0.717, 1.165) is 0 Å². The van der Waals surface area contributed by atoms with Crippen molar-refractivity contribution in [3.8, 4) is 0 Å². The van der Waals surface area contributed by atoms with Gasteiger partial charge in [0.1, 0.15) is 0 Å². The van der Waals surface area contributed by atoms with E-state index in [1.807, 2.05) is 13.8 Å². The molecule has 0 heterocycles. The van der Waals surface area contributed by atoms with Gasteiger partial charge in [0.05, 0.1) is 0 Å². The second-order valence-corrected chi connectivity index (χ2v) is 4.05. The maximum absolute atomic E-state index is 12.1. The molecular formula is C15H20N2O2. The average Bonchev–Trinajstić information content (AvgIpc) is 2.46. The van der Waals surface area contributed by atoms with Crippen molar-refractivity contribution in [2.24, 2.45) is 0 Å². The summed E-state index contributed by atoms with van der Waals surface area (Å²) in [5.41, 5.74) is 1.14. The highest BCUT2D eigenvalue weighted by Gasteiger charge is 2.12. The van der Waals surface area contributed by atoms with Crippen LogP contribution in [0.25, 0.3) is 0 Å². The van der Waals surface area contributed by atoms with Crippen LogP contribution >= 0.6 is 0 Å². The van der Waals surface area contributed by atoms with Crippen LogP contribution in [0.3, 0.4) is 0 Å². The number of benzene rings is 1. The number of nitrogens with one attached hydrogen (secondary N) is 1. The maximum Gasteiger partial charge on any atom is 0.253 e. The van der Waals surface area contributed by atoms with Gasteiger partial charge in [-0.2, -0.15) is 0 Å². The lowest BCUT2D eigenvalue weighted by molar-refractivity contribution is 0.0772. The summed E-state index contributed by atoms with van der Waals surface area (Å²) in [5.74, 6) is -0.176. The highest BCUT2D eigenvalue weighted by atomic mass is 16.2. The number of carbonyl (C=O) groups is 2. The molecule has 0 atom stereocenters. The molecule has 0 aliphatic heterocycles. The van der Waals surface area contributed by atoms with E-state index in [0.29, 0.717) is 30.8 Å². The molecule has 0 bridgehead atoms. The van der Waals surface area contributed by atoms with Crippen molar-refractivity contribution in [2.75, 3.05) is 19.6 Å². The van der Waals surface area contributed by atoms with Gasteiger partial charge in [0.25, 0.3) is 11.8 Å². The molecule has 0 spiro atoms. The molecule has 0 aliphatic carbocycles. The minimum absolute atomic E-state index is 0.0111. The molecule has 102 valence electrons. The van der Waals surface area contributed by atoms with Crippen molar-refractivity contribution in [1.29, 1.82) is 0 Å². The first kappa shape index (κ1) is 15.0. The zero-order chi connectivity index (χ0) is 14.3. The molecule has 2 amide bonds. The fraction of sp³-hybridized carbons (Fsp3) is 0.333. The fourth-order valence-corrected chi connectivity index (χ4v) is 1.72. The molecular weight excluding hydrogens is 240 g/mol. The molecule has 1 N–H and O–H groups in total. The summed E-state index contributed by atoms with van der Waals surface area (Å²) in [4.78, 5) is 25.5. The lowest BCUT2D eigenvalue weighted by atomic mass is 10.1. The number of nitrogens with zero attached hydrogens (tertiary/aromatic N) is 1. The van der Waals surface area contributed by atoms with Crippen molar-refractivity contribution < 1.29 is 9.59 Å². The summed E-state index contributed by atoms with van der Waals surface area (Å²) >= 11 is 0. The Hall–Kier alpha value is -2.10. The van der Waals surface area contributed by atoms with Gasteiger partial charge in [0.15, 0.2) is 0 Å². The Bertz CT molecular complexity index is 448. The van der Waals surface area contributed by atoms with Gasteiger partial charge in [-0.05, 0) is 38.1 Å². The van der Waals surface area contributed by atoms with E-state index >= 15 is 0 Å². The molecule has 4 heteroatoms. The molecule has 1 aromatic carbocycles. The molecule has 0 fully saturated rings. The van der Waals surface area contributed by atoms with Gasteiger partial charge in [-0.1, -0.05) is 6.08 Å². The lowest BCUT2D eigenvalue weighted by Crippen LogP contribution is -2.30. The van der Waals surface area contributed by atoms with Gasteiger partial charge in [-0.25, -0.2) is 0 Å². The third kappa shape index (κ3) is 3.95. The summed E-state index contributed by atoms with van der Waals surface area (Å²) in [6.45, 7) is 9.21. The van der Waals surface area contributed by atoms with E-state index in [2.05, 4.69) is 11.9 Å². The van der Waals surface area contributed by atoms with Crippen LogP contribution in [0.4, 0.5) is 0 Å². The van der Waals surface area contributed by atoms with Crippen LogP contribution in [0.2, 0.25) is 0 Å². The van der Waals surface area contributed by atoms with Gasteiger partial charge in [-0.3, -0.25) is 9.59 Å². The highest BCUT2D eigenvalue weighted by Crippen LogP contribution is 2.08. The first-order valence-electron chi connectivity index (χ1n) is 6.42. The first-order valence-corrected chi connectivity index (χ1v) is 6.42. The molecule has 4 nitrogen and oxygen atoms in total. The summed E-state index contributed by atoms with van der Waals surface area (Å²) in [6.07, 6.45) is 1.62. The Morgan fingerprint density at radius 2 is 1.68 bits per heavy atom. The van der Waals surface area contributed by atoms with Crippen molar-refractivity contribution in [1.82, 2.24) is 10.2 Å². The summed E-state index contributed by atoms with van der Waals surface area (Å²) < 4.78 is 0. The van der Waals surface area contributed by atoms with Crippen molar-refractivity contribution in [3.63, 3.8) is 0 Å². The predicted octanol–water partition coefficient (Wildman–Crippen LogP) is 2.08. The third-order valence-corrected chi connectivity index (χ3v) is 2.85. The quantitative estimate of drug-likeness (QED) is 0.796. The van der Waals surface area contributed by atoms with Gasteiger partial charge < -0.3 is 10.2 Å². The van der Waals surface area contributed by atoms with Crippen LogP contribution in [-0.4, -0.2) is 36.3 Å². The van der Waals surface area contributed by atoms with E-state index < -0.39 is 0 Å². The summed E-state index contributed by atoms with van der Waals surface area (Å²) in [5, 5.41) is 2.69. The molecule has 0 aliphatic rings. The van der Waals surface area contributed by atoms with Crippen LogP contribution < -0.4 is 5.32 Å². The van der Waals surface area contributed by atoms with Crippen LogP contribution in [0, 0.1) is 0 Å². The van der Waals surface area contributed by atoms with E-state index in [4.69, 9.17) is 0 Å². The molecule has 1 aromatic rings. The van der Waals surface area contributed by atoms with E-state index in [1.54, 1.807) is 35.2 Å². The zero-order valence-corrected chi connectivity index (χ0v) is 11.5. The number of rotatable bonds is 6. The molecule has 0 aromatic heterocycles. The molecule has 0 radical (unpaired) electrons. The Kier molecular flexibility index (Phi) is 5.79. The van der Waals surface area contributed by atoms with Gasteiger partial charge in [0, 0.05) is 30.8 Å². The molecule has 0 saturated heterocycles. The Labute approximate surface area is 114 Å². The van der Waals surface area contributed by atoms with Gasteiger partial charge >= 0.3 is 0 Å². The Balaban J connectivity index is 2.78. The Morgan fingerprint density at radius 1 is 1.16 bits per heavy atom. The maximum atomic E-state index is 12.1. The number of hydrogen-bond acceptors (Lipinski definition) is 2. The summed E-state index contributed by atoms with van der Waals surface area (Å²) in [7, 11) is 0. The van der Waals surface area contributed by atoms with Crippen LogP contribution in [0.15, 0.2) is 36.9 Å². The SMILES string of the molecule is C=CCNC(=O)c1ccc(C(=O)N(CC)CC)cc1. The number of carbonyl (C=O) groups excluding carboxylic acids is 2. The second kappa shape index (κ2) is 7.36. The molecule has 1 rings (SSSR count). The van der Waals surface area contributed by atoms with E-state index in [1.165, 1.54) is 0 Å². The molecule has 0 saturated carbocycles. The third-order valence-electron chi connectivity index (χ3n) is 2.85. The van der Waals surface area contributed by atoms with Crippen molar-refractivity contribution in [3.05, 3.63) is 48.0 Å². The number of amides is 2. The predicted molar refractivity (Wildman–Crippen MR) is 76.2 cm³/mol. The van der Waals surface area contributed by atoms with Crippen LogP contribution in [0.5, 0.6) is 0 Å². The normalized spacial score (nSPS) is 9.79. The standard InChI is InChI=1S/C15H20N2O2/c1-4-11-16-14(18)12-7-9-13(10-8-12)15(19)17(5-2)6-3/h4,7-10H,1,5-6,11H2,2-3H3,(H,16,18). The minimum Gasteiger partial charge on any atom is -0.349 e. The smallest absolute Gasteiger partial charge is 0.253 e. The van der Waals surface area contributed by atoms with E-state index in [-0.39, 0.29) is 11.8 Å². The Morgan fingerprint density at radius 3 is 2.16 bits per heavy atom. The first-order chi connectivity index (χ1) is 9.13. The topological polar surface area (TPSA) is 49.4 Å². The minimum atomic E-state index is -0.165. The molecule has 0 unspecified atom stereocenters. The van der Waals surface area contributed by atoms with Crippen LogP contribution in [0.1, 0.15) is 34.6 Å². The second-order valence-electron chi connectivity index (χ2n) is 4.05. The zero-order valence-electron chi connectivity index (χ0n) is 11.5. The van der Waals surface area contributed by atoms with E-state index in [9.17, 15) is 9.59 Å². The lowest BCUT2D eigenvalue weighted by Gasteiger charge is -2.18. The fourth-order valence-electron chi connectivity index (χ4n) is 1.72. The number of hydrogen-bond donors (Lipinski definition) is 1. The largest absolute Gasteiger partial charge is 0.349 e. The van der Waals surface area contributed by atoms with Crippen molar-refractivity contribution in [2.45, 2.75) is 13.8 Å². The molecule has 19 heavy (non-hydrogen) atoms.